The first-order valence-electron chi connectivity index (χ1n) is 15.6. The van der Waals surface area contributed by atoms with Crippen LogP contribution in [-0.2, 0) is 18.0 Å². The Morgan fingerprint density at radius 1 is 0.735 bits per heavy atom. The van der Waals surface area contributed by atoms with Crippen molar-refractivity contribution < 1.29 is 23.7 Å². The van der Waals surface area contributed by atoms with Crippen molar-refractivity contribution in [2.45, 2.75) is 27.1 Å². The number of aryl methyl sites for hydroxylation is 2. The number of methoxy groups -OCH3 is 2. The van der Waals surface area contributed by atoms with Gasteiger partial charge >= 0.3 is 0 Å². The van der Waals surface area contributed by atoms with Crippen LogP contribution in [0.5, 0.6) is 23.0 Å². The Kier molecular flexibility index (Phi) is 10.7. The summed E-state index contributed by atoms with van der Waals surface area (Å²) >= 11 is 5.01. The molecule has 248 valence electrons. The van der Waals surface area contributed by atoms with Crippen LogP contribution in [-0.4, -0.2) is 25.3 Å². The van der Waals surface area contributed by atoms with Crippen LogP contribution < -0.4 is 23.8 Å². The van der Waals surface area contributed by atoms with Gasteiger partial charge in [0.05, 0.1) is 35.0 Å². The summed E-state index contributed by atoms with van der Waals surface area (Å²) in [6.45, 7) is 4.76. The average molecular weight is 736 g/mol. The van der Waals surface area contributed by atoms with Crippen LogP contribution in [0.3, 0.4) is 0 Å². The molecule has 1 amide bonds. The highest BCUT2D eigenvalue weighted by Crippen LogP contribution is 2.41. The number of benzene rings is 5. The van der Waals surface area contributed by atoms with Gasteiger partial charge in [-0.1, -0.05) is 71.8 Å². The Labute approximate surface area is 299 Å². The maximum Gasteiger partial charge on any atom is 0.271 e. The SMILES string of the molecule is COc1cc(COc2c(Br)cc(/C=C3/SC(=Nc4ccc(C)cc4)N(c4ccc(C)cc4)C3=O)cc2OC)ccc1OCc1ccccc1. The van der Waals surface area contributed by atoms with Gasteiger partial charge in [0.25, 0.3) is 5.91 Å². The van der Waals surface area contributed by atoms with Crippen molar-refractivity contribution in [3.8, 4) is 23.0 Å². The Hall–Kier alpha value is -4.99. The molecular weight excluding hydrogens is 700 g/mol. The minimum absolute atomic E-state index is 0.153. The van der Waals surface area contributed by atoms with Crippen molar-refractivity contribution in [1.82, 2.24) is 0 Å². The summed E-state index contributed by atoms with van der Waals surface area (Å²) in [5.74, 6) is 2.18. The third-order valence-electron chi connectivity index (χ3n) is 7.76. The van der Waals surface area contributed by atoms with E-state index in [0.29, 0.717) is 44.2 Å². The van der Waals surface area contributed by atoms with E-state index in [2.05, 4.69) is 15.9 Å². The van der Waals surface area contributed by atoms with Gasteiger partial charge in [-0.25, -0.2) is 4.99 Å². The second-order valence-electron chi connectivity index (χ2n) is 11.4. The van der Waals surface area contributed by atoms with E-state index in [4.69, 9.17) is 23.9 Å². The Balaban J connectivity index is 1.22. The van der Waals surface area contributed by atoms with Gasteiger partial charge < -0.3 is 18.9 Å². The molecule has 7 nitrogen and oxygen atoms in total. The quantitative estimate of drug-likeness (QED) is 0.126. The lowest BCUT2D eigenvalue weighted by Gasteiger charge is -2.16. The molecular formula is C40H35BrN2O5S. The van der Waals surface area contributed by atoms with Crippen LogP contribution in [0.15, 0.2) is 124 Å². The number of thioether (sulfide) groups is 1. The third kappa shape index (κ3) is 8.18. The molecule has 1 fully saturated rings. The van der Waals surface area contributed by atoms with E-state index in [1.54, 1.807) is 19.1 Å². The topological polar surface area (TPSA) is 69.6 Å². The van der Waals surface area contributed by atoms with Gasteiger partial charge in [0, 0.05) is 0 Å². The van der Waals surface area contributed by atoms with Crippen molar-refractivity contribution >= 4 is 56.2 Å². The van der Waals surface area contributed by atoms with Crippen LogP contribution in [0.2, 0.25) is 0 Å². The van der Waals surface area contributed by atoms with E-state index in [-0.39, 0.29) is 12.5 Å². The molecule has 0 radical (unpaired) electrons. The highest BCUT2D eigenvalue weighted by atomic mass is 79.9. The number of amidine groups is 1. The number of anilines is 1. The van der Waals surface area contributed by atoms with Gasteiger partial charge in [-0.15, -0.1) is 0 Å². The summed E-state index contributed by atoms with van der Waals surface area (Å²) in [6.07, 6.45) is 1.85. The molecule has 1 saturated heterocycles. The second-order valence-corrected chi connectivity index (χ2v) is 13.3. The number of amides is 1. The molecule has 6 rings (SSSR count). The average Bonchev–Trinajstić information content (AvgIpc) is 3.41. The monoisotopic (exact) mass is 734 g/mol. The number of aliphatic imine (C=N–C) groups is 1. The molecule has 49 heavy (non-hydrogen) atoms. The van der Waals surface area contributed by atoms with Crippen LogP contribution in [0.25, 0.3) is 6.08 Å². The van der Waals surface area contributed by atoms with E-state index in [1.165, 1.54) is 11.8 Å². The maximum absolute atomic E-state index is 13.9. The lowest BCUT2D eigenvalue weighted by atomic mass is 10.1. The number of rotatable bonds is 11. The highest BCUT2D eigenvalue weighted by Gasteiger charge is 2.35. The molecule has 0 atom stereocenters. The van der Waals surface area contributed by atoms with E-state index in [9.17, 15) is 4.79 Å². The first-order valence-corrected chi connectivity index (χ1v) is 17.2. The molecule has 5 aromatic carbocycles. The molecule has 0 N–H and O–H groups in total. The van der Waals surface area contributed by atoms with Gasteiger partial charge in [0.2, 0.25) is 0 Å². The molecule has 0 bridgehead atoms. The van der Waals surface area contributed by atoms with Crippen LogP contribution >= 0.6 is 27.7 Å². The smallest absolute Gasteiger partial charge is 0.271 e. The summed E-state index contributed by atoms with van der Waals surface area (Å²) in [6, 6.07) is 35.2. The minimum atomic E-state index is -0.153. The van der Waals surface area contributed by atoms with Crippen molar-refractivity contribution in [2.24, 2.45) is 4.99 Å². The summed E-state index contributed by atoms with van der Waals surface area (Å²) in [4.78, 5) is 20.9. The lowest BCUT2D eigenvalue weighted by molar-refractivity contribution is -0.113. The number of carbonyl (C=O) groups is 1. The van der Waals surface area contributed by atoms with E-state index in [0.717, 1.165) is 39.2 Å². The molecule has 0 spiro atoms. The van der Waals surface area contributed by atoms with Gasteiger partial charge in [-0.2, -0.15) is 0 Å². The fourth-order valence-corrected chi connectivity index (χ4v) is 6.70. The summed E-state index contributed by atoms with van der Waals surface area (Å²) in [5, 5.41) is 0.585. The summed E-state index contributed by atoms with van der Waals surface area (Å²) in [5.41, 5.74) is 6.53. The van der Waals surface area contributed by atoms with Crippen molar-refractivity contribution in [3.63, 3.8) is 0 Å². The molecule has 5 aromatic rings. The standard InChI is InChI=1S/C40H35BrN2O5S/c1-26-10-15-31(16-11-26)42-40-43(32-17-12-27(2)13-18-32)39(44)37(49-40)23-30-20-33(41)38(36(22-30)46-4)48-25-29-14-19-34(35(21-29)45-3)47-24-28-8-6-5-7-9-28/h5-23H,24-25H2,1-4H3/b37-23+,42-40?. The zero-order valence-corrected chi connectivity index (χ0v) is 30.0. The van der Waals surface area contributed by atoms with Gasteiger partial charge in [0.1, 0.15) is 13.2 Å². The summed E-state index contributed by atoms with van der Waals surface area (Å²) < 4.78 is 24.3. The van der Waals surface area contributed by atoms with Gasteiger partial charge in [-0.3, -0.25) is 9.69 Å². The molecule has 1 aliphatic rings. The van der Waals surface area contributed by atoms with E-state index in [1.807, 2.05) is 129 Å². The number of carbonyl (C=O) groups excluding carboxylic acids is 1. The van der Waals surface area contributed by atoms with Crippen LogP contribution in [0.1, 0.15) is 27.8 Å². The molecule has 0 saturated carbocycles. The van der Waals surface area contributed by atoms with Crippen LogP contribution in [0.4, 0.5) is 11.4 Å². The minimum Gasteiger partial charge on any atom is -0.493 e. The van der Waals surface area contributed by atoms with Crippen molar-refractivity contribution in [2.75, 3.05) is 19.1 Å². The first-order chi connectivity index (χ1) is 23.8. The Morgan fingerprint density at radius 3 is 2.10 bits per heavy atom. The number of hydrogen-bond donors (Lipinski definition) is 0. The molecule has 1 heterocycles. The number of halogens is 1. The zero-order chi connectivity index (χ0) is 34.3. The molecule has 0 aliphatic carbocycles. The molecule has 1 aliphatic heterocycles. The maximum atomic E-state index is 13.9. The van der Waals surface area contributed by atoms with E-state index < -0.39 is 0 Å². The number of ether oxygens (including phenoxy) is 4. The lowest BCUT2D eigenvalue weighted by Crippen LogP contribution is -2.28. The van der Waals surface area contributed by atoms with Gasteiger partial charge in [-0.05, 0) is 113 Å². The molecule has 0 unspecified atom stereocenters. The molecule has 9 heteroatoms. The summed E-state index contributed by atoms with van der Waals surface area (Å²) in [7, 11) is 3.21. The predicted octanol–water partition coefficient (Wildman–Crippen LogP) is 10.0. The van der Waals surface area contributed by atoms with Gasteiger partial charge in [0.15, 0.2) is 28.2 Å². The number of hydrogen-bond acceptors (Lipinski definition) is 7. The van der Waals surface area contributed by atoms with Crippen molar-refractivity contribution in [3.05, 3.63) is 146 Å². The first kappa shape index (κ1) is 33.9. The van der Waals surface area contributed by atoms with Crippen molar-refractivity contribution in [1.29, 1.82) is 0 Å². The second kappa shape index (κ2) is 15.5. The number of nitrogens with zero attached hydrogens (tertiary/aromatic N) is 2. The molecule has 0 aromatic heterocycles. The normalized spacial score (nSPS) is 14.4. The predicted molar refractivity (Wildman–Crippen MR) is 201 cm³/mol. The Morgan fingerprint density at radius 2 is 1.41 bits per heavy atom. The zero-order valence-electron chi connectivity index (χ0n) is 27.6. The highest BCUT2D eigenvalue weighted by molar-refractivity contribution is 9.10. The van der Waals surface area contributed by atoms with E-state index >= 15 is 0 Å². The Bertz CT molecular complexity index is 2010. The largest absolute Gasteiger partial charge is 0.493 e. The van der Waals surface area contributed by atoms with Crippen LogP contribution in [0, 0.1) is 13.8 Å². The fourth-order valence-electron chi connectivity index (χ4n) is 5.13. The fraction of sp³-hybridized carbons (Fsp3) is 0.150. The third-order valence-corrected chi connectivity index (χ3v) is 9.31.